The van der Waals surface area contributed by atoms with Crippen molar-refractivity contribution in [3.05, 3.63) is 41.2 Å². The largest absolute Gasteiger partial charge is 0.315 e. The first-order chi connectivity index (χ1) is 8.75. The second-order valence-electron chi connectivity index (χ2n) is 4.75. The number of halogens is 1. The summed E-state index contributed by atoms with van der Waals surface area (Å²) in [6.45, 7) is 4.22. The van der Waals surface area contributed by atoms with Gasteiger partial charge in [0.25, 0.3) is 0 Å². The lowest BCUT2D eigenvalue weighted by molar-refractivity contribution is 0.480. The van der Waals surface area contributed by atoms with Crippen LogP contribution in [-0.2, 0) is 0 Å². The molecule has 2 heterocycles. The van der Waals surface area contributed by atoms with Gasteiger partial charge in [-0.05, 0) is 37.6 Å². The summed E-state index contributed by atoms with van der Waals surface area (Å²) >= 11 is 6.04. The van der Waals surface area contributed by atoms with Crippen LogP contribution in [0.1, 0.15) is 18.2 Å². The van der Waals surface area contributed by atoms with Crippen LogP contribution in [-0.4, -0.2) is 22.9 Å². The van der Waals surface area contributed by atoms with Crippen molar-refractivity contribution in [2.24, 2.45) is 0 Å². The van der Waals surface area contributed by atoms with Crippen molar-refractivity contribution in [2.75, 3.05) is 13.1 Å². The van der Waals surface area contributed by atoms with Crippen LogP contribution < -0.4 is 5.32 Å². The second-order valence-corrected chi connectivity index (χ2v) is 5.18. The third-order valence-electron chi connectivity index (χ3n) is 3.56. The highest BCUT2D eigenvalue weighted by Crippen LogP contribution is 2.28. The standard InChI is InChI=1S/C14H16ClN3/c1-10-14(11-3-2-4-12(15)7-11)9-17-18(10)13-5-6-16-8-13/h2-4,7,9,13,16H,5-6,8H2,1H3. The van der Waals surface area contributed by atoms with E-state index in [2.05, 4.69) is 28.1 Å². The Labute approximate surface area is 112 Å². The Hall–Kier alpha value is -1.32. The molecule has 1 aromatic heterocycles. The van der Waals surface area contributed by atoms with Crippen LogP contribution in [0.3, 0.4) is 0 Å². The molecule has 18 heavy (non-hydrogen) atoms. The first-order valence-electron chi connectivity index (χ1n) is 6.26. The van der Waals surface area contributed by atoms with Crippen LogP contribution >= 0.6 is 11.6 Å². The highest BCUT2D eigenvalue weighted by molar-refractivity contribution is 6.30. The molecule has 0 saturated carbocycles. The van der Waals surface area contributed by atoms with E-state index in [-0.39, 0.29) is 0 Å². The third kappa shape index (κ3) is 2.04. The SMILES string of the molecule is Cc1c(-c2cccc(Cl)c2)cnn1C1CCNC1. The molecule has 1 aliphatic heterocycles. The van der Waals surface area contributed by atoms with Crippen LogP contribution in [0.25, 0.3) is 11.1 Å². The summed E-state index contributed by atoms with van der Waals surface area (Å²) in [5, 5.41) is 8.68. The van der Waals surface area contributed by atoms with Gasteiger partial charge in [0.15, 0.2) is 0 Å². The van der Waals surface area contributed by atoms with Crippen LogP contribution in [0.5, 0.6) is 0 Å². The van der Waals surface area contributed by atoms with E-state index in [0.717, 1.165) is 30.1 Å². The molecule has 1 atom stereocenters. The van der Waals surface area contributed by atoms with Crippen LogP contribution in [0.2, 0.25) is 5.02 Å². The molecule has 1 aliphatic rings. The molecular formula is C14H16ClN3. The van der Waals surface area contributed by atoms with E-state index in [1.807, 2.05) is 24.4 Å². The summed E-state index contributed by atoms with van der Waals surface area (Å²) < 4.78 is 2.14. The van der Waals surface area contributed by atoms with Crippen molar-refractivity contribution >= 4 is 11.6 Å². The summed E-state index contributed by atoms with van der Waals surface area (Å²) in [6.07, 6.45) is 3.09. The van der Waals surface area contributed by atoms with Gasteiger partial charge in [-0.25, -0.2) is 0 Å². The van der Waals surface area contributed by atoms with Gasteiger partial charge in [0.2, 0.25) is 0 Å². The van der Waals surface area contributed by atoms with Gasteiger partial charge in [0.05, 0.1) is 12.2 Å². The lowest BCUT2D eigenvalue weighted by Gasteiger charge is -2.12. The molecule has 2 aromatic rings. The van der Waals surface area contributed by atoms with E-state index in [0.29, 0.717) is 6.04 Å². The summed E-state index contributed by atoms with van der Waals surface area (Å²) in [5.41, 5.74) is 3.52. The lowest BCUT2D eigenvalue weighted by Crippen LogP contribution is -2.15. The Morgan fingerprint density at radius 1 is 1.44 bits per heavy atom. The zero-order valence-electron chi connectivity index (χ0n) is 10.4. The number of rotatable bonds is 2. The molecule has 94 valence electrons. The fraction of sp³-hybridized carbons (Fsp3) is 0.357. The molecule has 0 amide bonds. The molecule has 0 radical (unpaired) electrons. The molecule has 0 bridgehead atoms. The minimum atomic E-state index is 0.484. The zero-order valence-corrected chi connectivity index (χ0v) is 11.1. The Morgan fingerprint density at radius 2 is 2.33 bits per heavy atom. The predicted molar refractivity (Wildman–Crippen MR) is 73.9 cm³/mol. The predicted octanol–water partition coefficient (Wildman–Crippen LogP) is 3.05. The molecule has 1 N–H and O–H groups in total. The van der Waals surface area contributed by atoms with E-state index in [9.17, 15) is 0 Å². The van der Waals surface area contributed by atoms with Crippen molar-refractivity contribution in [1.82, 2.24) is 15.1 Å². The molecule has 1 unspecified atom stereocenters. The Balaban J connectivity index is 1.98. The van der Waals surface area contributed by atoms with Crippen molar-refractivity contribution in [1.29, 1.82) is 0 Å². The average Bonchev–Trinajstić information content (AvgIpc) is 2.97. The Kier molecular flexibility index (Phi) is 3.10. The highest BCUT2D eigenvalue weighted by atomic mass is 35.5. The maximum absolute atomic E-state index is 6.04. The van der Waals surface area contributed by atoms with Gasteiger partial charge in [-0.3, -0.25) is 4.68 Å². The molecule has 0 aliphatic carbocycles. The molecule has 3 nitrogen and oxygen atoms in total. The van der Waals surface area contributed by atoms with E-state index in [4.69, 9.17) is 11.6 Å². The third-order valence-corrected chi connectivity index (χ3v) is 3.80. The van der Waals surface area contributed by atoms with E-state index in [1.165, 1.54) is 11.3 Å². The van der Waals surface area contributed by atoms with Crippen LogP contribution in [0, 0.1) is 6.92 Å². The van der Waals surface area contributed by atoms with E-state index < -0.39 is 0 Å². The van der Waals surface area contributed by atoms with Gasteiger partial charge >= 0.3 is 0 Å². The first kappa shape index (κ1) is 11.8. The van der Waals surface area contributed by atoms with Gasteiger partial charge in [0, 0.05) is 22.8 Å². The fourth-order valence-corrected chi connectivity index (χ4v) is 2.77. The van der Waals surface area contributed by atoms with Crippen molar-refractivity contribution in [2.45, 2.75) is 19.4 Å². The molecule has 0 spiro atoms. The molecular weight excluding hydrogens is 246 g/mol. The van der Waals surface area contributed by atoms with Crippen LogP contribution in [0.15, 0.2) is 30.5 Å². The topological polar surface area (TPSA) is 29.9 Å². The minimum absolute atomic E-state index is 0.484. The molecule has 1 fully saturated rings. The smallest absolute Gasteiger partial charge is 0.0658 e. The molecule has 1 aromatic carbocycles. The van der Waals surface area contributed by atoms with Crippen molar-refractivity contribution < 1.29 is 0 Å². The summed E-state index contributed by atoms with van der Waals surface area (Å²) in [4.78, 5) is 0. The van der Waals surface area contributed by atoms with Crippen LogP contribution in [0.4, 0.5) is 0 Å². The summed E-state index contributed by atoms with van der Waals surface area (Å²) in [5.74, 6) is 0. The van der Waals surface area contributed by atoms with Crippen molar-refractivity contribution in [3.8, 4) is 11.1 Å². The average molecular weight is 262 g/mol. The summed E-state index contributed by atoms with van der Waals surface area (Å²) in [6, 6.07) is 8.42. The number of nitrogens with one attached hydrogen (secondary N) is 1. The maximum atomic E-state index is 6.04. The molecule has 4 heteroatoms. The Bertz CT molecular complexity index is 556. The number of aromatic nitrogens is 2. The van der Waals surface area contributed by atoms with E-state index >= 15 is 0 Å². The van der Waals surface area contributed by atoms with Crippen molar-refractivity contribution in [3.63, 3.8) is 0 Å². The number of benzene rings is 1. The fourth-order valence-electron chi connectivity index (χ4n) is 2.58. The first-order valence-corrected chi connectivity index (χ1v) is 6.64. The second kappa shape index (κ2) is 4.75. The quantitative estimate of drug-likeness (QED) is 0.901. The van der Waals surface area contributed by atoms with Gasteiger partial charge < -0.3 is 5.32 Å². The number of hydrogen-bond acceptors (Lipinski definition) is 2. The minimum Gasteiger partial charge on any atom is -0.315 e. The highest BCUT2D eigenvalue weighted by Gasteiger charge is 2.20. The zero-order chi connectivity index (χ0) is 12.5. The van der Waals surface area contributed by atoms with E-state index in [1.54, 1.807) is 0 Å². The number of hydrogen-bond donors (Lipinski definition) is 1. The Morgan fingerprint density at radius 3 is 3.06 bits per heavy atom. The molecule has 3 rings (SSSR count). The normalized spacial score (nSPS) is 19.3. The summed E-state index contributed by atoms with van der Waals surface area (Å²) in [7, 11) is 0. The van der Waals surface area contributed by atoms with Gasteiger partial charge in [0.1, 0.15) is 0 Å². The van der Waals surface area contributed by atoms with Gasteiger partial charge in [-0.2, -0.15) is 5.10 Å². The number of nitrogens with zero attached hydrogens (tertiary/aromatic N) is 2. The monoisotopic (exact) mass is 261 g/mol. The maximum Gasteiger partial charge on any atom is 0.0658 e. The van der Waals surface area contributed by atoms with Gasteiger partial charge in [-0.1, -0.05) is 23.7 Å². The lowest BCUT2D eigenvalue weighted by atomic mass is 10.1. The van der Waals surface area contributed by atoms with Gasteiger partial charge in [-0.15, -0.1) is 0 Å². The molecule has 1 saturated heterocycles.